The monoisotopic (exact) mass is 392 g/mol. The van der Waals surface area contributed by atoms with E-state index in [0.29, 0.717) is 43.4 Å². The minimum absolute atomic E-state index is 0.0855. The zero-order chi connectivity index (χ0) is 19.9. The van der Waals surface area contributed by atoms with Crippen LogP contribution in [0.5, 0.6) is 0 Å². The van der Waals surface area contributed by atoms with E-state index in [1.807, 2.05) is 11.8 Å². The van der Waals surface area contributed by atoms with Crippen LogP contribution in [0, 0.1) is 23.0 Å². The van der Waals surface area contributed by atoms with Crippen molar-refractivity contribution in [3.8, 4) is 0 Å². The zero-order valence-corrected chi connectivity index (χ0v) is 16.9. The van der Waals surface area contributed by atoms with Gasteiger partial charge < -0.3 is 19.9 Å². The maximum atomic E-state index is 14.1. The van der Waals surface area contributed by atoms with Crippen LogP contribution in [-0.4, -0.2) is 62.3 Å². The van der Waals surface area contributed by atoms with Crippen molar-refractivity contribution in [1.29, 1.82) is 0 Å². The molecule has 0 bridgehead atoms. The quantitative estimate of drug-likeness (QED) is 0.634. The molecule has 5 nitrogen and oxygen atoms in total. The molecule has 0 amide bonds. The average molecular weight is 392 g/mol. The molecule has 3 unspecified atom stereocenters. The Balaban J connectivity index is 1.42. The number of benzene rings is 1. The van der Waals surface area contributed by atoms with Crippen molar-refractivity contribution in [3.05, 3.63) is 29.8 Å². The fourth-order valence-electron chi connectivity index (χ4n) is 5.03. The lowest BCUT2D eigenvalue weighted by molar-refractivity contribution is -0.107. The fraction of sp³-hybridized carbons (Fsp3) is 0.667. The van der Waals surface area contributed by atoms with Crippen LogP contribution in [0.15, 0.2) is 23.2 Å². The lowest BCUT2D eigenvalue weighted by atomic mass is 9.57. The minimum atomic E-state index is -0.408. The predicted molar refractivity (Wildman–Crippen MR) is 107 cm³/mol. The van der Waals surface area contributed by atoms with E-state index < -0.39 is 5.82 Å². The zero-order valence-electron chi connectivity index (χ0n) is 16.9. The van der Waals surface area contributed by atoms with E-state index in [2.05, 4.69) is 24.1 Å². The number of nitrogens with zero attached hydrogens (tertiary/aromatic N) is 3. The molecule has 2 aliphatic heterocycles. The molecule has 3 fully saturated rings. The van der Waals surface area contributed by atoms with Gasteiger partial charge in [-0.2, -0.15) is 0 Å². The van der Waals surface area contributed by atoms with Gasteiger partial charge >= 0.3 is 0 Å². The van der Waals surface area contributed by atoms with Crippen LogP contribution in [-0.2, 0) is 4.74 Å². The summed E-state index contributed by atoms with van der Waals surface area (Å²) < 4.78 is 33.5. The number of hydrogen-bond acceptors (Lipinski definition) is 3. The standard InChI is InChI=1S/C21H30F2N4O/c1-4-24-20(25-18-15-7-12-28-19(15)21(18,2)3)27-10-8-26(9-11-27)17-13-14(22)5-6-16(17)23/h5-6,13,15,18-19H,4,7-12H2,1-3H3,(H,24,25). The molecule has 1 saturated carbocycles. The van der Waals surface area contributed by atoms with Gasteiger partial charge in [0.25, 0.3) is 0 Å². The highest BCUT2D eigenvalue weighted by atomic mass is 19.1. The summed E-state index contributed by atoms with van der Waals surface area (Å²) in [5.41, 5.74) is 0.426. The summed E-state index contributed by atoms with van der Waals surface area (Å²) in [6, 6.07) is 3.98. The molecule has 1 aliphatic carbocycles. The Morgan fingerprint density at radius 3 is 2.71 bits per heavy atom. The summed E-state index contributed by atoms with van der Waals surface area (Å²) in [4.78, 5) is 8.86. The number of fused-ring (bicyclic) bond motifs is 1. The molecular formula is C21H30F2N4O. The van der Waals surface area contributed by atoms with Crippen LogP contribution in [0.1, 0.15) is 27.2 Å². The molecule has 3 aliphatic rings. The SMILES string of the molecule is CCN=C(NC1C2CCOC2C1(C)C)N1CCN(c2cc(F)ccc2F)CC1. The first-order valence-electron chi connectivity index (χ1n) is 10.3. The van der Waals surface area contributed by atoms with E-state index in [0.717, 1.165) is 38.1 Å². The van der Waals surface area contributed by atoms with E-state index in [4.69, 9.17) is 9.73 Å². The van der Waals surface area contributed by atoms with Crippen molar-refractivity contribution in [2.24, 2.45) is 16.3 Å². The van der Waals surface area contributed by atoms with Crippen LogP contribution in [0.3, 0.4) is 0 Å². The van der Waals surface area contributed by atoms with Gasteiger partial charge in [0.05, 0.1) is 11.8 Å². The highest BCUT2D eigenvalue weighted by molar-refractivity contribution is 5.81. The molecule has 2 heterocycles. The second-order valence-electron chi connectivity index (χ2n) is 8.56. The predicted octanol–water partition coefficient (Wildman–Crippen LogP) is 2.87. The Morgan fingerprint density at radius 2 is 2.00 bits per heavy atom. The normalized spacial score (nSPS) is 29.5. The molecule has 1 aromatic rings. The molecule has 2 saturated heterocycles. The van der Waals surface area contributed by atoms with Gasteiger partial charge in [-0.25, -0.2) is 8.78 Å². The average Bonchev–Trinajstić information content (AvgIpc) is 3.14. The Kier molecular flexibility index (Phi) is 5.21. The minimum Gasteiger partial charge on any atom is -0.377 e. The second-order valence-corrected chi connectivity index (χ2v) is 8.56. The topological polar surface area (TPSA) is 40.1 Å². The number of ether oxygens (including phenoxy) is 1. The highest BCUT2D eigenvalue weighted by Gasteiger charge is 2.59. The van der Waals surface area contributed by atoms with Gasteiger partial charge in [-0.1, -0.05) is 13.8 Å². The van der Waals surface area contributed by atoms with Gasteiger partial charge in [-0.15, -0.1) is 0 Å². The number of anilines is 1. The Labute approximate surface area is 165 Å². The van der Waals surface area contributed by atoms with Crippen LogP contribution in [0.2, 0.25) is 0 Å². The number of guanidine groups is 1. The van der Waals surface area contributed by atoms with Crippen molar-refractivity contribution >= 4 is 11.6 Å². The largest absolute Gasteiger partial charge is 0.377 e. The molecule has 0 radical (unpaired) electrons. The molecule has 0 spiro atoms. The van der Waals surface area contributed by atoms with Crippen molar-refractivity contribution in [2.75, 3.05) is 44.2 Å². The van der Waals surface area contributed by atoms with Gasteiger partial charge in [0.2, 0.25) is 0 Å². The Morgan fingerprint density at radius 1 is 1.25 bits per heavy atom. The summed E-state index contributed by atoms with van der Waals surface area (Å²) in [5.74, 6) is 0.679. The van der Waals surface area contributed by atoms with Gasteiger partial charge in [0.1, 0.15) is 11.6 Å². The third-order valence-corrected chi connectivity index (χ3v) is 6.52. The lowest BCUT2D eigenvalue weighted by Gasteiger charge is -2.55. The van der Waals surface area contributed by atoms with Crippen molar-refractivity contribution in [1.82, 2.24) is 10.2 Å². The number of piperazine rings is 1. The molecule has 1 aromatic carbocycles. The Hall–Kier alpha value is -1.89. The maximum absolute atomic E-state index is 14.1. The van der Waals surface area contributed by atoms with E-state index in [-0.39, 0.29) is 11.2 Å². The smallest absolute Gasteiger partial charge is 0.194 e. The van der Waals surface area contributed by atoms with Crippen LogP contribution < -0.4 is 10.2 Å². The summed E-state index contributed by atoms with van der Waals surface area (Å²) in [5, 5.41) is 3.70. The summed E-state index contributed by atoms with van der Waals surface area (Å²) >= 11 is 0. The first kappa shape index (κ1) is 19.4. The third-order valence-electron chi connectivity index (χ3n) is 6.52. The van der Waals surface area contributed by atoms with Crippen molar-refractivity contribution in [3.63, 3.8) is 0 Å². The number of nitrogens with one attached hydrogen (secondary N) is 1. The van der Waals surface area contributed by atoms with Gasteiger partial charge in [0, 0.05) is 62.8 Å². The van der Waals surface area contributed by atoms with Crippen molar-refractivity contribution < 1.29 is 13.5 Å². The highest BCUT2D eigenvalue weighted by Crippen LogP contribution is 2.52. The first-order chi connectivity index (χ1) is 13.4. The fourth-order valence-corrected chi connectivity index (χ4v) is 5.03. The third kappa shape index (κ3) is 3.34. The molecular weight excluding hydrogens is 362 g/mol. The van der Waals surface area contributed by atoms with E-state index in [1.54, 1.807) is 0 Å². The molecule has 3 atom stereocenters. The van der Waals surface area contributed by atoms with Crippen LogP contribution >= 0.6 is 0 Å². The van der Waals surface area contributed by atoms with Gasteiger partial charge in [0.15, 0.2) is 5.96 Å². The molecule has 0 aromatic heterocycles. The van der Waals surface area contributed by atoms with E-state index in [1.165, 1.54) is 12.1 Å². The molecule has 7 heteroatoms. The maximum Gasteiger partial charge on any atom is 0.194 e. The van der Waals surface area contributed by atoms with Gasteiger partial charge in [-0.3, -0.25) is 4.99 Å². The summed E-state index contributed by atoms with van der Waals surface area (Å²) in [7, 11) is 0. The Bertz CT molecular complexity index is 746. The van der Waals surface area contributed by atoms with E-state index >= 15 is 0 Å². The van der Waals surface area contributed by atoms with Crippen molar-refractivity contribution in [2.45, 2.75) is 39.3 Å². The van der Waals surface area contributed by atoms with Crippen LogP contribution in [0.25, 0.3) is 0 Å². The number of halogens is 2. The summed E-state index contributed by atoms with van der Waals surface area (Å²) in [6.07, 6.45) is 1.43. The molecule has 154 valence electrons. The van der Waals surface area contributed by atoms with Gasteiger partial charge in [-0.05, 0) is 25.5 Å². The summed E-state index contributed by atoms with van der Waals surface area (Å²) in [6.45, 7) is 10.8. The number of rotatable bonds is 3. The van der Waals surface area contributed by atoms with Crippen LogP contribution in [0.4, 0.5) is 14.5 Å². The first-order valence-corrected chi connectivity index (χ1v) is 10.3. The molecule has 1 N–H and O–H groups in total. The number of hydrogen-bond donors (Lipinski definition) is 1. The molecule has 28 heavy (non-hydrogen) atoms. The molecule has 4 rings (SSSR count). The lowest BCUT2D eigenvalue weighted by Crippen LogP contribution is -2.68. The van der Waals surface area contributed by atoms with E-state index in [9.17, 15) is 8.78 Å². The second kappa shape index (κ2) is 7.50. The number of aliphatic imine (C=N–C) groups is 1.